The van der Waals surface area contributed by atoms with E-state index in [0.717, 1.165) is 0 Å². The summed E-state index contributed by atoms with van der Waals surface area (Å²) in [4.78, 5) is 11.6. The van der Waals surface area contributed by atoms with Gasteiger partial charge in [0, 0.05) is 7.11 Å². The summed E-state index contributed by atoms with van der Waals surface area (Å²) < 4.78 is 12.3. The highest BCUT2D eigenvalue weighted by Gasteiger charge is 2.45. The molecule has 2 aromatic rings. The molecule has 0 amide bonds. The average molecular weight is 297 g/mol. The van der Waals surface area contributed by atoms with Gasteiger partial charge in [-0.25, -0.2) is 4.98 Å². The molecule has 114 valence electrons. The number of nitrogen functional groups attached to an aromatic ring is 1. The Bertz CT molecular complexity index is 662. The predicted octanol–water partition coefficient (Wildman–Crippen LogP) is -1.62. The largest absolute Gasteiger partial charge is 0.479 e. The Kier molecular flexibility index (Phi) is 3.37. The highest BCUT2D eigenvalue weighted by Crippen LogP contribution is 2.33. The lowest BCUT2D eigenvalue weighted by Gasteiger charge is -2.19. The molecule has 10 nitrogen and oxygen atoms in total. The molecule has 4 atom stereocenters. The molecule has 10 heteroatoms. The highest BCUT2D eigenvalue weighted by molar-refractivity contribution is 5.81. The molecule has 21 heavy (non-hydrogen) atoms. The number of hydrogen-bond donors (Lipinski definition) is 4. The Labute approximate surface area is 118 Å². The van der Waals surface area contributed by atoms with Gasteiger partial charge in [0.2, 0.25) is 0 Å². The van der Waals surface area contributed by atoms with Crippen molar-refractivity contribution in [3.05, 3.63) is 6.33 Å². The second-order valence-electron chi connectivity index (χ2n) is 4.67. The van der Waals surface area contributed by atoms with Crippen molar-refractivity contribution < 1.29 is 24.8 Å². The van der Waals surface area contributed by atoms with Crippen LogP contribution < -0.4 is 5.73 Å². The Hall–Kier alpha value is -2.01. The molecule has 0 aromatic carbocycles. The third-order valence-electron chi connectivity index (χ3n) is 3.48. The summed E-state index contributed by atoms with van der Waals surface area (Å²) in [7, 11) is 1.42. The van der Waals surface area contributed by atoms with Crippen molar-refractivity contribution in [2.45, 2.75) is 24.5 Å². The number of aliphatic hydroxyl groups is 2. The van der Waals surface area contributed by atoms with Gasteiger partial charge < -0.3 is 30.5 Å². The lowest BCUT2D eigenvalue weighted by atomic mass is 10.1. The van der Waals surface area contributed by atoms with Crippen molar-refractivity contribution >= 4 is 17.0 Å². The number of anilines is 1. The van der Waals surface area contributed by atoms with Crippen molar-refractivity contribution in [1.29, 1.82) is 0 Å². The molecule has 0 saturated carbocycles. The SMILES string of the molecule is COC1C(O)[C@@H](CO)O[C@H]1n1cnc2c(N)nc(O)nc21. The molecule has 0 radical (unpaired) electrons. The first-order valence-corrected chi connectivity index (χ1v) is 6.23. The fraction of sp³-hybridized carbons (Fsp3) is 0.545. The van der Waals surface area contributed by atoms with E-state index in [1.165, 1.54) is 18.0 Å². The van der Waals surface area contributed by atoms with E-state index in [1.54, 1.807) is 0 Å². The number of aromatic nitrogens is 4. The van der Waals surface area contributed by atoms with Gasteiger partial charge in [0.15, 0.2) is 23.2 Å². The van der Waals surface area contributed by atoms with Crippen LogP contribution in [0.15, 0.2) is 6.33 Å². The second-order valence-corrected chi connectivity index (χ2v) is 4.67. The maximum Gasteiger partial charge on any atom is 0.317 e. The molecule has 2 aromatic heterocycles. The Morgan fingerprint density at radius 2 is 2.24 bits per heavy atom. The predicted molar refractivity (Wildman–Crippen MR) is 69.2 cm³/mol. The summed E-state index contributed by atoms with van der Waals surface area (Å²) in [5, 5.41) is 28.7. The number of nitrogens with zero attached hydrogens (tertiary/aromatic N) is 4. The smallest absolute Gasteiger partial charge is 0.317 e. The van der Waals surface area contributed by atoms with Crippen LogP contribution >= 0.6 is 0 Å². The van der Waals surface area contributed by atoms with Crippen LogP contribution in [0.4, 0.5) is 5.82 Å². The number of aromatic hydroxyl groups is 1. The van der Waals surface area contributed by atoms with Gasteiger partial charge in [-0.3, -0.25) is 4.57 Å². The van der Waals surface area contributed by atoms with Crippen molar-refractivity contribution in [1.82, 2.24) is 19.5 Å². The van der Waals surface area contributed by atoms with Crippen molar-refractivity contribution in [2.24, 2.45) is 0 Å². The van der Waals surface area contributed by atoms with Gasteiger partial charge in [-0.05, 0) is 0 Å². The van der Waals surface area contributed by atoms with Crippen LogP contribution in [0.5, 0.6) is 6.01 Å². The monoisotopic (exact) mass is 297 g/mol. The van der Waals surface area contributed by atoms with Gasteiger partial charge in [0.1, 0.15) is 18.3 Å². The molecule has 5 N–H and O–H groups in total. The van der Waals surface area contributed by atoms with Crippen molar-refractivity contribution in [3.8, 4) is 6.01 Å². The van der Waals surface area contributed by atoms with Crippen molar-refractivity contribution in [3.63, 3.8) is 0 Å². The number of fused-ring (bicyclic) bond motifs is 1. The van der Waals surface area contributed by atoms with Crippen LogP contribution in [0.1, 0.15) is 6.23 Å². The number of nitrogens with two attached hydrogens (primary N) is 1. The van der Waals surface area contributed by atoms with Gasteiger partial charge in [0.05, 0.1) is 12.9 Å². The molecule has 0 bridgehead atoms. The Morgan fingerprint density at radius 3 is 2.90 bits per heavy atom. The maximum atomic E-state index is 10.0. The van der Waals surface area contributed by atoms with Crippen LogP contribution in [0, 0.1) is 0 Å². The minimum Gasteiger partial charge on any atom is -0.479 e. The van der Waals surface area contributed by atoms with E-state index in [4.69, 9.17) is 15.2 Å². The van der Waals surface area contributed by atoms with E-state index >= 15 is 0 Å². The summed E-state index contributed by atoms with van der Waals surface area (Å²) >= 11 is 0. The summed E-state index contributed by atoms with van der Waals surface area (Å²) in [6.07, 6.45) is -1.88. The number of rotatable bonds is 3. The average Bonchev–Trinajstić information content (AvgIpc) is 2.99. The molecule has 2 unspecified atom stereocenters. The van der Waals surface area contributed by atoms with E-state index in [0.29, 0.717) is 5.52 Å². The second kappa shape index (κ2) is 5.07. The zero-order valence-corrected chi connectivity index (χ0v) is 11.1. The van der Waals surface area contributed by atoms with E-state index in [2.05, 4.69) is 15.0 Å². The molecular weight excluding hydrogens is 282 g/mol. The maximum absolute atomic E-state index is 10.0. The fourth-order valence-electron chi connectivity index (χ4n) is 2.46. The topological polar surface area (TPSA) is 149 Å². The third-order valence-corrected chi connectivity index (χ3v) is 3.48. The molecule has 1 aliphatic heterocycles. The van der Waals surface area contributed by atoms with E-state index in [9.17, 15) is 15.3 Å². The van der Waals surface area contributed by atoms with Crippen LogP contribution in [0.25, 0.3) is 11.2 Å². The van der Waals surface area contributed by atoms with E-state index in [1.807, 2.05) is 0 Å². The highest BCUT2D eigenvalue weighted by atomic mass is 16.6. The minimum absolute atomic E-state index is 0.0301. The molecule has 1 aliphatic rings. The van der Waals surface area contributed by atoms with Gasteiger partial charge in [-0.1, -0.05) is 0 Å². The standard InChI is InChI=1S/C11H15N5O5/c1-20-7-6(18)4(2-17)21-10(7)16-3-13-5-8(12)14-11(19)15-9(5)16/h3-4,6-7,10,17-18H,2H2,1H3,(H3,12,14,15,19)/t4-,6?,7?,10-/m1/s1. The lowest BCUT2D eigenvalue weighted by Crippen LogP contribution is -2.34. The third kappa shape index (κ3) is 2.08. The Morgan fingerprint density at radius 1 is 1.48 bits per heavy atom. The van der Waals surface area contributed by atoms with Gasteiger partial charge >= 0.3 is 6.01 Å². The number of hydrogen-bond acceptors (Lipinski definition) is 9. The number of aliphatic hydroxyl groups excluding tert-OH is 2. The summed E-state index contributed by atoms with van der Waals surface area (Å²) in [6, 6.07) is -0.493. The van der Waals surface area contributed by atoms with Gasteiger partial charge in [-0.2, -0.15) is 9.97 Å². The van der Waals surface area contributed by atoms with Gasteiger partial charge in [0.25, 0.3) is 0 Å². The quantitative estimate of drug-likeness (QED) is 0.524. The number of methoxy groups -OCH3 is 1. The molecule has 0 spiro atoms. The van der Waals surface area contributed by atoms with Crippen LogP contribution in [0.3, 0.4) is 0 Å². The lowest BCUT2D eigenvalue weighted by molar-refractivity contribution is -0.0583. The molecule has 3 heterocycles. The summed E-state index contributed by atoms with van der Waals surface area (Å²) in [5.74, 6) is 0.0301. The zero-order valence-electron chi connectivity index (χ0n) is 11.1. The summed E-state index contributed by atoms with van der Waals surface area (Å²) in [6.45, 7) is -0.355. The normalized spacial score (nSPS) is 29.3. The van der Waals surface area contributed by atoms with Crippen LogP contribution in [-0.4, -0.2) is 66.9 Å². The molecule has 1 fully saturated rings. The van der Waals surface area contributed by atoms with Crippen LogP contribution in [-0.2, 0) is 9.47 Å². The van der Waals surface area contributed by atoms with Crippen molar-refractivity contribution in [2.75, 3.05) is 19.5 Å². The first-order chi connectivity index (χ1) is 10.1. The minimum atomic E-state index is -1.00. The molecule has 3 rings (SSSR count). The first kappa shape index (κ1) is 13.9. The summed E-state index contributed by atoms with van der Waals surface area (Å²) in [5.41, 5.74) is 6.22. The van der Waals surface area contributed by atoms with E-state index in [-0.39, 0.29) is 18.1 Å². The number of imidazole rings is 1. The van der Waals surface area contributed by atoms with E-state index < -0.39 is 30.6 Å². The molecular formula is C11H15N5O5. The first-order valence-electron chi connectivity index (χ1n) is 6.23. The molecule has 0 aliphatic carbocycles. The Balaban J connectivity index is 2.08. The fourth-order valence-corrected chi connectivity index (χ4v) is 2.46. The van der Waals surface area contributed by atoms with Gasteiger partial charge in [-0.15, -0.1) is 0 Å². The number of ether oxygens (including phenoxy) is 2. The van der Waals surface area contributed by atoms with Crippen LogP contribution in [0.2, 0.25) is 0 Å². The molecule has 1 saturated heterocycles. The zero-order chi connectivity index (χ0) is 15.1.